The van der Waals surface area contributed by atoms with Crippen LogP contribution in [0.25, 0.3) is 5.65 Å². The number of nitrogens with zero attached hydrogens (tertiary/aromatic N) is 2. The molecule has 4 fully saturated rings. The summed E-state index contributed by atoms with van der Waals surface area (Å²) >= 11 is 0. The fourth-order valence-corrected chi connectivity index (χ4v) is 6.42. The van der Waals surface area contributed by atoms with Gasteiger partial charge in [0, 0.05) is 19.3 Å². The Hall–Kier alpha value is -1.88. The highest BCUT2D eigenvalue weighted by atomic mass is 16.1. The third-order valence-electron chi connectivity index (χ3n) is 7.39. The zero-order valence-electron chi connectivity index (χ0n) is 17.1. The number of fused-ring (bicyclic) bond motifs is 1. The van der Waals surface area contributed by atoms with Crippen LogP contribution in [0.1, 0.15) is 62.1 Å². The molecule has 4 aliphatic rings. The van der Waals surface area contributed by atoms with Gasteiger partial charge in [-0.15, -0.1) is 0 Å². The third-order valence-corrected chi connectivity index (χ3v) is 7.39. The van der Waals surface area contributed by atoms with Crippen LogP contribution in [0.15, 0.2) is 24.4 Å². The Morgan fingerprint density at radius 1 is 1.25 bits per heavy atom. The number of carbonyl (C=O) groups is 1. The van der Waals surface area contributed by atoms with Crippen molar-refractivity contribution in [2.75, 3.05) is 13.1 Å². The van der Waals surface area contributed by atoms with Crippen LogP contribution in [0, 0.1) is 29.1 Å². The van der Waals surface area contributed by atoms with Gasteiger partial charge in [0.25, 0.3) is 5.91 Å². The molecule has 0 radical (unpaired) electrons. The molecule has 5 heteroatoms. The van der Waals surface area contributed by atoms with Gasteiger partial charge in [-0.2, -0.15) is 0 Å². The van der Waals surface area contributed by atoms with Crippen LogP contribution < -0.4 is 10.6 Å². The van der Waals surface area contributed by atoms with Crippen LogP contribution in [0.2, 0.25) is 0 Å². The van der Waals surface area contributed by atoms with E-state index in [1.54, 1.807) is 0 Å². The smallest absolute Gasteiger partial charge is 0.268 e. The predicted molar refractivity (Wildman–Crippen MR) is 110 cm³/mol. The molecule has 2 N–H and O–H groups in total. The highest BCUT2D eigenvalue weighted by molar-refractivity contribution is 5.93. The van der Waals surface area contributed by atoms with E-state index in [2.05, 4.69) is 29.5 Å². The van der Waals surface area contributed by atoms with Gasteiger partial charge in [-0.05, 0) is 79.9 Å². The van der Waals surface area contributed by atoms with E-state index in [-0.39, 0.29) is 5.91 Å². The second kappa shape index (κ2) is 6.87. The normalized spacial score (nSPS) is 30.6. The summed E-state index contributed by atoms with van der Waals surface area (Å²) in [4.78, 5) is 17.7. The molecule has 2 unspecified atom stereocenters. The molecular formula is C23H32N4O. The van der Waals surface area contributed by atoms with Crippen LogP contribution in [-0.4, -0.2) is 28.4 Å². The van der Waals surface area contributed by atoms with E-state index < -0.39 is 0 Å². The molecule has 4 aliphatic carbocycles. The fraction of sp³-hybridized carbons (Fsp3) is 0.652. The number of carbonyl (C=O) groups excluding carboxylic acids is 1. The fourth-order valence-electron chi connectivity index (χ4n) is 6.42. The highest BCUT2D eigenvalue weighted by Crippen LogP contribution is 2.65. The van der Waals surface area contributed by atoms with Crippen molar-refractivity contribution in [3.8, 4) is 0 Å². The van der Waals surface area contributed by atoms with E-state index in [1.807, 2.05) is 28.8 Å². The molecule has 4 bridgehead atoms. The summed E-state index contributed by atoms with van der Waals surface area (Å²) in [5, 5.41) is 6.73. The zero-order valence-corrected chi connectivity index (χ0v) is 17.1. The number of hydrogen-bond acceptors (Lipinski definition) is 3. The molecule has 1 amide bonds. The number of aromatic nitrogens is 2. The average Bonchev–Trinajstić information content (AvgIpc) is 3.25. The first kappa shape index (κ1) is 18.2. The molecule has 28 heavy (non-hydrogen) atoms. The van der Waals surface area contributed by atoms with Crippen LogP contribution in [0.4, 0.5) is 0 Å². The molecule has 0 aromatic carbocycles. The predicted octanol–water partition coefficient (Wildman–Crippen LogP) is 3.64. The topological polar surface area (TPSA) is 58.4 Å². The van der Waals surface area contributed by atoms with E-state index in [9.17, 15) is 4.79 Å². The summed E-state index contributed by atoms with van der Waals surface area (Å²) in [6.07, 6.45) is 8.89. The maximum Gasteiger partial charge on any atom is 0.268 e. The molecule has 2 aromatic heterocycles. The summed E-state index contributed by atoms with van der Waals surface area (Å²) in [7, 11) is 0. The monoisotopic (exact) mass is 380 g/mol. The van der Waals surface area contributed by atoms with Gasteiger partial charge in [0.15, 0.2) is 0 Å². The quantitative estimate of drug-likeness (QED) is 0.771. The van der Waals surface area contributed by atoms with Crippen molar-refractivity contribution < 1.29 is 4.79 Å². The Balaban J connectivity index is 1.29. The van der Waals surface area contributed by atoms with Crippen molar-refractivity contribution in [3.05, 3.63) is 35.8 Å². The molecule has 150 valence electrons. The molecule has 6 rings (SSSR count). The second-order valence-corrected chi connectivity index (χ2v) is 9.99. The lowest BCUT2D eigenvalue weighted by molar-refractivity contribution is 0.0907. The summed E-state index contributed by atoms with van der Waals surface area (Å²) in [6, 6.07) is 5.81. The minimum atomic E-state index is 0.0327. The molecule has 4 saturated carbocycles. The maximum atomic E-state index is 13.0. The Morgan fingerprint density at radius 3 is 2.79 bits per heavy atom. The Bertz CT molecular complexity index is 872. The Labute approximate surface area is 167 Å². The first-order valence-corrected chi connectivity index (χ1v) is 11.0. The van der Waals surface area contributed by atoms with E-state index in [4.69, 9.17) is 0 Å². The third kappa shape index (κ3) is 3.14. The van der Waals surface area contributed by atoms with Crippen LogP contribution in [0.3, 0.4) is 0 Å². The average molecular weight is 381 g/mol. The summed E-state index contributed by atoms with van der Waals surface area (Å²) in [5.74, 6) is 3.34. The minimum Gasteiger partial charge on any atom is -0.350 e. The van der Waals surface area contributed by atoms with Crippen LogP contribution >= 0.6 is 0 Å². The van der Waals surface area contributed by atoms with Gasteiger partial charge in [-0.3, -0.25) is 9.20 Å². The number of imidazole rings is 1. The maximum absolute atomic E-state index is 13.0. The summed E-state index contributed by atoms with van der Waals surface area (Å²) < 4.78 is 1.94. The van der Waals surface area contributed by atoms with Gasteiger partial charge < -0.3 is 10.6 Å². The molecule has 0 spiro atoms. The zero-order chi connectivity index (χ0) is 19.3. The van der Waals surface area contributed by atoms with Gasteiger partial charge in [-0.25, -0.2) is 4.98 Å². The molecule has 2 heterocycles. The van der Waals surface area contributed by atoms with Crippen molar-refractivity contribution >= 4 is 11.6 Å². The SMILES string of the molecule is CC(C)CNCc1cn2c(C(=O)NCC34CC5CC(CC3C5)C4)cccc2n1. The molecular weight excluding hydrogens is 348 g/mol. The lowest BCUT2D eigenvalue weighted by atomic mass is 9.75. The van der Waals surface area contributed by atoms with Gasteiger partial charge in [0.05, 0.1) is 5.69 Å². The minimum absolute atomic E-state index is 0.0327. The first-order valence-electron chi connectivity index (χ1n) is 11.0. The molecule has 5 nitrogen and oxygen atoms in total. The first-order chi connectivity index (χ1) is 13.5. The van der Waals surface area contributed by atoms with E-state index >= 15 is 0 Å². The number of pyridine rings is 1. The van der Waals surface area contributed by atoms with Gasteiger partial charge in [0.2, 0.25) is 0 Å². The number of hydrogen-bond donors (Lipinski definition) is 2. The van der Waals surface area contributed by atoms with Gasteiger partial charge >= 0.3 is 0 Å². The Morgan fingerprint density at radius 2 is 2.04 bits per heavy atom. The van der Waals surface area contributed by atoms with E-state index in [0.29, 0.717) is 17.0 Å². The molecule has 0 aliphatic heterocycles. The van der Waals surface area contributed by atoms with Gasteiger partial charge in [-0.1, -0.05) is 19.9 Å². The second-order valence-electron chi connectivity index (χ2n) is 9.99. The van der Waals surface area contributed by atoms with Crippen LogP contribution in [-0.2, 0) is 6.54 Å². The molecule has 0 saturated heterocycles. The standard InChI is InChI=1S/C23H32N4O/c1-15(2)11-24-12-19-13-27-20(4-3-5-21(27)26-19)22(28)25-14-23-9-16-6-17(10-23)8-18(23)7-16/h3-5,13,15-18,24H,6-12,14H2,1-2H3,(H,25,28). The van der Waals surface area contributed by atoms with Crippen molar-refractivity contribution in [1.82, 2.24) is 20.0 Å². The van der Waals surface area contributed by atoms with Crippen LogP contribution in [0.5, 0.6) is 0 Å². The van der Waals surface area contributed by atoms with Gasteiger partial charge in [0.1, 0.15) is 11.3 Å². The Kier molecular flexibility index (Phi) is 4.46. The molecule has 2 atom stereocenters. The van der Waals surface area contributed by atoms with Crippen molar-refractivity contribution in [2.24, 2.45) is 29.1 Å². The van der Waals surface area contributed by atoms with E-state index in [0.717, 1.165) is 48.7 Å². The summed E-state index contributed by atoms with van der Waals surface area (Å²) in [5.41, 5.74) is 2.89. The summed E-state index contributed by atoms with van der Waals surface area (Å²) in [6.45, 7) is 6.93. The number of nitrogens with one attached hydrogen (secondary N) is 2. The lowest BCUT2D eigenvalue weighted by Gasteiger charge is -2.33. The van der Waals surface area contributed by atoms with E-state index in [1.165, 1.54) is 32.1 Å². The highest BCUT2D eigenvalue weighted by Gasteiger charge is 2.57. The van der Waals surface area contributed by atoms with Crippen molar-refractivity contribution in [1.29, 1.82) is 0 Å². The molecule has 2 aromatic rings. The largest absolute Gasteiger partial charge is 0.350 e. The lowest BCUT2D eigenvalue weighted by Crippen LogP contribution is -2.39. The number of rotatable bonds is 7. The van der Waals surface area contributed by atoms with Crippen molar-refractivity contribution in [2.45, 2.75) is 52.5 Å². The van der Waals surface area contributed by atoms with Crippen molar-refractivity contribution in [3.63, 3.8) is 0 Å². The number of amides is 1.